The Morgan fingerprint density at radius 2 is 1.81 bits per heavy atom. The molecule has 0 unspecified atom stereocenters. The summed E-state index contributed by atoms with van der Waals surface area (Å²) in [5.41, 5.74) is -0.892. The summed E-state index contributed by atoms with van der Waals surface area (Å²) in [5, 5.41) is 3.82. The highest BCUT2D eigenvalue weighted by atomic mass is 19.4. The second-order valence-corrected chi connectivity index (χ2v) is 6.09. The third kappa shape index (κ3) is 4.03. The van der Waals surface area contributed by atoms with Crippen LogP contribution in [0.5, 0.6) is 5.75 Å². The zero-order valence-corrected chi connectivity index (χ0v) is 14.4. The quantitative estimate of drug-likeness (QED) is 0.793. The molecule has 1 aromatic carbocycles. The number of ether oxygens (including phenoxy) is 3. The maximum Gasteiger partial charge on any atom is 0.573 e. The molecule has 0 atom stereocenters. The van der Waals surface area contributed by atoms with E-state index in [-0.39, 0.29) is 43.4 Å². The molecule has 0 radical (unpaired) electrons. The molecule has 0 N–H and O–H groups in total. The number of nitrogens with zero attached hydrogens (tertiary/aromatic N) is 3. The Kier molecular flexibility index (Phi) is 5.07. The molecule has 146 valence electrons. The van der Waals surface area contributed by atoms with Gasteiger partial charge in [-0.1, -0.05) is 5.16 Å². The maximum atomic E-state index is 12.7. The zero-order chi connectivity index (χ0) is 19.7. The summed E-state index contributed by atoms with van der Waals surface area (Å²) in [6.45, 7) is 0.0537. The molecule has 1 aliphatic heterocycles. The third-order valence-electron chi connectivity index (χ3n) is 3.86. The van der Waals surface area contributed by atoms with Crippen molar-refractivity contribution in [2.45, 2.75) is 11.8 Å². The van der Waals surface area contributed by atoms with Crippen LogP contribution in [0.15, 0.2) is 28.8 Å². The van der Waals surface area contributed by atoms with Gasteiger partial charge in [0.15, 0.2) is 5.41 Å². The van der Waals surface area contributed by atoms with E-state index in [1.807, 2.05) is 0 Å². The van der Waals surface area contributed by atoms with Crippen molar-refractivity contribution in [1.29, 1.82) is 0 Å². The van der Waals surface area contributed by atoms with Crippen molar-refractivity contribution < 1.29 is 36.7 Å². The number of carbonyl (C=O) groups excluding carboxylic acids is 1. The Balaban J connectivity index is 1.87. The van der Waals surface area contributed by atoms with Gasteiger partial charge in [0.25, 0.3) is 0 Å². The van der Waals surface area contributed by atoms with Crippen molar-refractivity contribution >= 4 is 5.91 Å². The van der Waals surface area contributed by atoms with Crippen LogP contribution in [0.2, 0.25) is 0 Å². The van der Waals surface area contributed by atoms with Crippen LogP contribution in [0.25, 0.3) is 11.4 Å². The maximum absolute atomic E-state index is 12.7. The Labute approximate surface area is 151 Å². The van der Waals surface area contributed by atoms with Crippen LogP contribution in [-0.2, 0) is 19.7 Å². The van der Waals surface area contributed by atoms with Crippen molar-refractivity contribution in [3.63, 3.8) is 0 Å². The molecule has 0 spiro atoms. The molecular formula is C16H16F3N3O5. The van der Waals surface area contributed by atoms with E-state index in [1.165, 1.54) is 17.0 Å². The predicted molar refractivity (Wildman–Crippen MR) is 83.6 cm³/mol. The molecule has 1 aromatic heterocycles. The van der Waals surface area contributed by atoms with Gasteiger partial charge in [-0.15, -0.1) is 13.2 Å². The molecule has 1 amide bonds. The van der Waals surface area contributed by atoms with Crippen LogP contribution in [0.3, 0.4) is 0 Å². The number of hydrogen-bond donors (Lipinski definition) is 0. The first-order chi connectivity index (χ1) is 12.7. The fourth-order valence-corrected chi connectivity index (χ4v) is 2.64. The van der Waals surface area contributed by atoms with Crippen LogP contribution in [0.4, 0.5) is 13.2 Å². The van der Waals surface area contributed by atoms with Crippen molar-refractivity contribution in [3.05, 3.63) is 30.2 Å². The lowest BCUT2D eigenvalue weighted by Crippen LogP contribution is -2.53. The van der Waals surface area contributed by atoms with E-state index in [2.05, 4.69) is 14.9 Å². The van der Waals surface area contributed by atoms with E-state index >= 15 is 0 Å². The van der Waals surface area contributed by atoms with Crippen LogP contribution < -0.4 is 4.74 Å². The zero-order valence-electron chi connectivity index (χ0n) is 14.4. The molecule has 27 heavy (non-hydrogen) atoms. The molecule has 1 aliphatic rings. The SMILES string of the molecule is CN(C)C(=O)C1(c2nc(-c3ccc(OC(F)(F)F)cc3)no2)COCOC1. The van der Waals surface area contributed by atoms with Gasteiger partial charge in [-0.05, 0) is 24.3 Å². The van der Waals surface area contributed by atoms with E-state index in [9.17, 15) is 18.0 Å². The van der Waals surface area contributed by atoms with E-state index < -0.39 is 11.8 Å². The van der Waals surface area contributed by atoms with Gasteiger partial charge >= 0.3 is 6.36 Å². The van der Waals surface area contributed by atoms with Gasteiger partial charge in [0.2, 0.25) is 17.6 Å². The highest BCUT2D eigenvalue weighted by Crippen LogP contribution is 2.31. The van der Waals surface area contributed by atoms with Crippen molar-refractivity contribution in [2.75, 3.05) is 34.1 Å². The topological polar surface area (TPSA) is 86.9 Å². The van der Waals surface area contributed by atoms with Crippen LogP contribution in [-0.4, -0.2) is 61.4 Å². The largest absolute Gasteiger partial charge is 0.573 e. The molecule has 2 aromatic rings. The minimum absolute atomic E-state index is 0.00398. The van der Waals surface area contributed by atoms with E-state index in [0.29, 0.717) is 5.56 Å². The number of hydrogen-bond acceptors (Lipinski definition) is 7. The lowest BCUT2D eigenvalue weighted by Gasteiger charge is -2.33. The number of alkyl halides is 3. The molecular weight excluding hydrogens is 371 g/mol. The third-order valence-corrected chi connectivity index (χ3v) is 3.86. The molecule has 11 heteroatoms. The molecule has 0 aliphatic carbocycles. The van der Waals surface area contributed by atoms with Gasteiger partial charge < -0.3 is 23.6 Å². The van der Waals surface area contributed by atoms with Gasteiger partial charge in [-0.3, -0.25) is 4.79 Å². The van der Waals surface area contributed by atoms with Crippen molar-refractivity contribution in [3.8, 4) is 17.1 Å². The molecule has 1 fully saturated rings. The number of aromatic nitrogens is 2. The Bertz CT molecular complexity index is 798. The second kappa shape index (κ2) is 7.16. The monoisotopic (exact) mass is 387 g/mol. The first-order valence-electron chi connectivity index (χ1n) is 7.79. The average Bonchev–Trinajstić information content (AvgIpc) is 3.11. The average molecular weight is 387 g/mol. The Hall–Kier alpha value is -2.66. The minimum Gasteiger partial charge on any atom is -0.406 e. The Morgan fingerprint density at radius 3 is 2.37 bits per heavy atom. The van der Waals surface area contributed by atoms with Gasteiger partial charge in [0.1, 0.15) is 12.5 Å². The summed E-state index contributed by atoms with van der Waals surface area (Å²) < 4.78 is 56.3. The molecule has 0 bridgehead atoms. The number of amides is 1. The summed E-state index contributed by atoms with van der Waals surface area (Å²) in [6, 6.07) is 4.97. The van der Waals surface area contributed by atoms with Gasteiger partial charge in [-0.25, -0.2) is 0 Å². The predicted octanol–water partition coefficient (Wildman–Crippen LogP) is 1.97. The first kappa shape index (κ1) is 19.1. The molecule has 0 saturated carbocycles. The van der Waals surface area contributed by atoms with Crippen LogP contribution in [0.1, 0.15) is 5.89 Å². The lowest BCUT2D eigenvalue weighted by molar-refractivity contribution is -0.274. The van der Waals surface area contributed by atoms with E-state index in [1.54, 1.807) is 14.1 Å². The molecule has 8 nitrogen and oxygen atoms in total. The molecule has 1 saturated heterocycles. The fraction of sp³-hybridized carbons (Fsp3) is 0.438. The second-order valence-electron chi connectivity index (χ2n) is 6.09. The fourth-order valence-electron chi connectivity index (χ4n) is 2.64. The summed E-state index contributed by atoms with van der Waals surface area (Å²) >= 11 is 0. The highest BCUT2D eigenvalue weighted by molar-refractivity contribution is 5.87. The van der Waals surface area contributed by atoms with Crippen LogP contribution >= 0.6 is 0 Å². The van der Waals surface area contributed by atoms with Gasteiger partial charge in [0.05, 0.1) is 13.2 Å². The first-order valence-corrected chi connectivity index (χ1v) is 7.79. The number of rotatable bonds is 4. The minimum atomic E-state index is -4.78. The normalized spacial score (nSPS) is 16.8. The highest BCUT2D eigenvalue weighted by Gasteiger charge is 2.49. The van der Waals surface area contributed by atoms with Crippen molar-refractivity contribution in [1.82, 2.24) is 15.0 Å². The number of likely N-dealkylation sites (N-methyl/N-ethyl adjacent to an activating group) is 1. The molecule has 3 rings (SSSR count). The summed E-state index contributed by atoms with van der Waals surface area (Å²) in [4.78, 5) is 18.3. The van der Waals surface area contributed by atoms with Crippen molar-refractivity contribution in [2.24, 2.45) is 0 Å². The number of benzene rings is 1. The molecule has 2 heterocycles. The summed E-state index contributed by atoms with van der Waals surface area (Å²) in [5.74, 6) is -0.582. The van der Waals surface area contributed by atoms with E-state index in [4.69, 9.17) is 14.0 Å². The summed E-state index contributed by atoms with van der Waals surface area (Å²) in [7, 11) is 3.16. The van der Waals surface area contributed by atoms with Crippen LogP contribution in [0, 0.1) is 0 Å². The van der Waals surface area contributed by atoms with Gasteiger partial charge in [0, 0.05) is 19.7 Å². The Morgan fingerprint density at radius 1 is 1.19 bits per heavy atom. The van der Waals surface area contributed by atoms with Gasteiger partial charge in [-0.2, -0.15) is 4.98 Å². The number of carbonyl (C=O) groups is 1. The summed E-state index contributed by atoms with van der Waals surface area (Å²) in [6.07, 6.45) is -4.78. The number of halogens is 3. The smallest absolute Gasteiger partial charge is 0.406 e. The lowest BCUT2D eigenvalue weighted by atomic mass is 9.87. The van der Waals surface area contributed by atoms with E-state index in [0.717, 1.165) is 12.1 Å². The standard InChI is InChI=1S/C16H16F3N3O5/c1-22(2)14(23)15(7-24-9-25-8-15)13-20-12(21-27-13)10-3-5-11(6-4-10)26-16(17,18)19/h3-6H,7-9H2,1-2H3.